The molecule has 0 fully saturated rings. The van der Waals surface area contributed by atoms with E-state index in [4.69, 9.17) is 10.5 Å². The van der Waals surface area contributed by atoms with Crippen LogP contribution in [-0.4, -0.2) is 12.5 Å². The number of rotatable bonds is 4. The second-order valence-electron chi connectivity index (χ2n) is 4.31. The number of hydrogen-bond donors (Lipinski definition) is 2. The Morgan fingerprint density at radius 2 is 2.05 bits per heavy atom. The Labute approximate surface area is 116 Å². The predicted octanol–water partition coefficient (Wildman–Crippen LogP) is 2.73. The first-order chi connectivity index (χ1) is 9.56. The van der Waals surface area contributed by atoms with Gasteiger partial charge in [0.2, 0.25) is 0 Å². The molecule has 0 spiro atoms. The highest BCUT2D eigenvalue weighted by Crippen LogP contribution is 2.20. The van der Waals surface area contributed by atoms with Crippen LogP contribution in [0.3, 0.4) is 0 Å². The van der Waals surface area contributed by atoms with Crippen LogP contribution in [-0.2, 0) is 4.79 Å². The number of halogens is 1. The lowest BCUT2D eigenvalue weighted by Gasteiger charge is -2.11. The molecule has 0 radical (unpaired) electrons. The number of anilines is 2. The van der Waals surface area contributed by atoms with Gasteiger partial charge >= 0.3 is 0 Å². The number of ether oxygens (including phenoxy) is 1. The van der Waals surface area contributed by atoms with Crippen LogP contribution in [0.25, 0.3) is 0 Å². The average Bonchev–Trinajstić information content (AvgIpc) is 2.42. The van der Waals surface area contributed by atoms with Gasteiger partial charge in [0.15, 0.2) is 6.61 Å². The average molecular weight is 274 g/mol. The van der Waals surface area contributed by atoms with Crippen LogP contribution < -0.4 is 15.8 Å². The summed E-state index contributed by atoms with van der Waals surface area (Å²) in [7, 11) is 0. The molecule has 3 N–H and O–H groups in total. The molecule has 4 nitrogen and oxygen atoms in total. The number of carbonyl (C=O) groups is 1. The summed E-state index contributed by atoms with van der Waals surface area (Å²) in [6.07, 6.45) is 0. The van der Waals surface area contributed by atoms with Gasteiger partial charge in [-0.2, -0.15) is 0 Å². The van der Waals surface area contributed by atoms with Gasteiger partial charge in [-0.25, -0.2) is 4.39 Å². The maximum absolute atomic E-state index is 12.9. The fraction of sp³-hybridized carbons (Fsp3) is 0.133. The predicted molar refractivity (Wildman–Crippen MR) is 76.1 cm³/mol. The third-order valence-electron chi connectivity index (χ3n) is 2.82. The summed E-state index contributed by atoms with van der Waals surface area (Å²) in [6.45, 7) is 1.62. The van der Waals surface area contributed by atoms with E-state index in [0.717, 1.165) is 5.56 Å². The summed E-state index contributed by atoms with van der Waals surface area (Å²) in [6, 6.07) is 10.9. The summed E-state index contributed by atoms with van der Waals surface area (Å²) in [5, 5.41) is 2.70. The molecular formula is C15H15FN2O2. The highest BCUT2D eigenvalue weighted by atomic mass is 19.1. The molecule has 2 aromatic carbocycles. The van der Waals surface area contributed by atoms with Crippen LogP contribution in [0.5, 0.6) is 5.75 Å². The van der Waals surface area contributed by atoms with Crippen LogP contribution in [0.4, 0.5) is 15.8 Å². The van der Waals surface area contributed by atoms with Crippen molar-refractivity contribution in [2.24, 2.45) is 0 Å². The minimum absolute atomic E-state index is 0.197. The third-order valence-corrected chi connectivity index (χ3v) is 2.82. The molecule has 0 aliphatic rings. The monoisotopic (exact) mass is 274 g/mol. The highest BCUT2D eigenvalue weighted by molar-refractivity contribution is 5.93. The summed E-state index contributed by atoms with van der Waals surface area (Å²) >= 11 is 0. The minimum Gasteiger partial charge on any atom is -0.484 e. The van der Waals surface area contributed by atoms with E-state index in [1.807, 2.05) is 6.92 Å². The Morgan fingerprint density at radius 1 is 1.30 bits per heavy atom. The first kappa shape index (κ1) is 13.9. The molecule has 0 saturated heterocycles. The number of nitrogen functional groups attached to an aromatic ring is 1. The standard InChI is InChI=1S/C15H15FN2O2/c1-10-13(17)6-3-7-14(10)18-15(19)9-20-12-5-2-4-11(16)8-12/h2-8H,9,17H2,1H3,(H,18,19). The number of nitrogens with one attached hydrogen (secondary N) is 1. The van der Waals surface area contributed by atoms with Crippen molar-refractivity contribution >= 4 is 17.3 Å². The largest absolute Gasteiger partial charge is 0.484 e. The SMILES string of the molecule is Cc1c(N)cccc1NC(=O)COc1cccc(F)c1. The van der Waals surface area contributed by atoms with Crippen LogP contribution in [0.2, 0.25) is 0 Å². The number of hydrogen-bond acceptors (Lipinski definition) is 3. The van der Waals surface area contributed by atoms with Crippen molar-refractivity contribution < 1.29 is 13.9 Å². The summed E-state index contributed by atoms with van der Waals surface area (Å²) in [5.74, 6) is -0.429. The lowest BCUT2D eigenvalue weighted by Crippen LogP contribution is -2.20. The van der Waals surface area contributed by atoms with E-state index in [1.165, 1.54) is 18.2 Å². The maximum atomic E-state index is 12.9. The van der Waals surface area contributed by atoms with Crippen molar-refractivity contribution in [3.8, 4) is 5.75 Å². The molecule has 0 saturated carbocycles. The molecule has 0 heterocycles. The fourth-order valence-corrected chi connectivity index (χ4v) is 1.68. The second kappa shape index (κ2) is 6.06. The van der Waals surface area contributed by atoms with Gasteiger partial charge in [0.1, 0.15) is 11.6 Å². The maximum Gasteiger partial charge on any atom is 0.262 e. The molecule has 0 bridgehead atoms. The van der Waals surface area contributed by atoms with Gasteiger partial charge in [-0.3, -0.25) is 4.79 Å². The van der Waals surface area contributed by atoms with E-state index in [9.17, 15) is 9.18 Å². The quantitative estimate of drug-likeness (QED) is 0.842. The van der Waals surface area contributed by atoms with E-state index >= 15 is 0 Å². The van der Waals surface area contributed by atoms with Gasteiger partial charge in [0, 0.05) is 17.4 Å². The first-order valence-corrected chi connectivity index (χ1v) is 6.09. The highest BCUT2D eigenvalue weighted by Gasteiger charge is 2.07. The van der Waals surface area contributed by atoms with E-state index in [0.29, 0.717) is 17.1 Å². The molecule has 0 atom stereocenters. The molecule has 20 heavy (non-hydrogen) atoms. The molecule has 104 valence electrons. The van der Waals surface area contributed by atoms with Crippen LogP contribution in [0, 0.1) is 12.7 Å². The molecule has 1 amide bonds. The fourth-order valence-electron chi connectivity index (χ4n) is 1.68. The van der Waals surface area contributed by atoms with Crippen molar-refractivity contribution in [3.05, 3.63) is 53.8 Å². The number of amides is 1. The number of benzene rings is 2. The molecule has 0 aliphatic heterocycles. The van der Waals surface area contributed by atoms with Crippen molar-refractivity contribution in [1.82, 2.24) is 0 Å². The van der Waals surface area contributed by atoms with Crippen molar-refractivity contribution in [2.75, 3.05) is 17.7 Å². The van der Waals surface area contributed by atoms with E-state index in [2.05, 4.69) is 5.32 Å². The Kier molecular flexibility index (Phi) is 4.20. The smallest absolute Gasteiger partial charge is 0.262 e. The van der Waals surface area contributed by atoms with Gasteiger partial charge in [-0.15, -0.1) is 0 Å². The van der Waals surface area contributed by atoms with Crippen molar-refractivity contribution in [3.63, 3.8) is 0 Å². The van der Waals surface area contributed by atoms with Crippen LogP contribution >= 0.6 is 0 Å². The van der Waals surface area contributed by atoms with E-state index in [1.54, 1.807) is 24.3 Å². The minimum atomic E-state index is -0.408. The summed E-state index contributed by atoms with van der Waals surface area (Å²) in [4.78, 5) is 11.8. The molecule has 0 unspecified atom stereocenters. The first-order valence-electron chi connectivity index (χ1n) is 6.09. The molecule has 5 heteroatoms. The van der Waals surface area contributed by atoms with Crippen LogP contribution in [0.1, 0.15) is 5.56 Å². The van der Waals surface area contributed by atoms with Gasteiger partial charge in [0.25, 0.3) is 5.91 Å². The Hall–Kier alpha value is -2.56. The summed E-state index contributed by atoms with van der Waals surface area (Å²) < 4.78 is 18.1. The Morgan fingerprint density at radius 3 is 2.80 bits per heavy atom. The molecule has 2 aromatic rings. The molecule has 0 aliphatic carbocycles. The van der Waals surface area contributed by atoms with Gasteiger partial charge in [-0.05, 0) is 36.8 Å². The second-order valence-corrected chi connectivity index (χ2v) is 4.31. The number of nitrogens with two attached hydrogens (primary N) is 1. The molecule has 2 rings (SSSR count). The van der Waals surface area contributed by atoms with Gasteiger partial charge < -0.3 is 15.8 Å². The van der Waals surface area contributed by atoms with Crippen molar-refractivity contribution in [1.29, 1.82) is 0 Å². The summed E-state index contributed by atoms with van der Waals surface area (Å²) in [5.41, 5.74) is 7.79. The lowest BCUT2D eigenvalue weighted by atomic mass is 10.1. The van der Waals surface area contributed by atoms with E-state index < -0.39 is 5.82 Å². The molecule has 0 aromatic heterocycles. The normalized spacial score (nSPS) is 10.1. The zero-order chi connectivity index (χ0) is 14.5. The molecular weight excluding hydrogens is 259 g/mol. The third kappa shape index (κ3) is 3.47. The zero-order valence-corrected chi connectivity index (χ0v) is 11.0. The van der Waals surface area contributed by atoms with Crippen LogP contribution in [0.15, 0.2) is 42.5 Å². The van der Waals surface area contributed by atoms with E-state index in [-0.39, 0.29) is 12.5 Å². The zero-order valence-electron chi connectivity index (χ0n) is 11.0. The topological polar surface area (TPSA) is 64.3 Å². The van der Waals surface area contributed by atoms with Gasteiger partial charge in [-0.1, -0.05) is 12.1 Å². The van der Waals surface area contributed by atoms with Gasteiger partial charge in [0.05, 0.1) is 0 Å². The Bertz CT molecular complexity index is 629. The lowest BCUT2D eigenvalue weighted by molar-refractivity contribution is -0.118. The van der Waals surface area contributed by atoms with Crippen molar-refractivity contribution in [2.45, 2.75) is 6.92 Å². The number of carbonyl (C=O) groups excluding carboxylic acids is 1. The Balaban J connectivity index is 1.94.